The molecule has 0 saturated carbocycles. The van der Waals surface area contributed by atoms with E-state index in [1.54, 1.807) is 30.9 Å². The molecule has 7 heteroatoms. The topological polar surface area (TPSA) is 59.1 Å². The number of hydrogen-bond acceptors (Lipinski definition) is 5. The maximum Gasteiger partial charge on any atom is 0.237 e. The van der Waals surface area contributed by atoms with Gasteiger partial charge in [0.25, 0.3) is 0 Å². The van der Waals surface area contributed by atoms with Crippen molar-refractivity contribution in [2.75, 3.05) is 38.0 Å². The Bertz CT molecular complexity index is 949. The van der Waals surface area contributed by atoms with E-state index in [9.17, 15) is 9.59 Å². The summed E-state index contributed by atoms with van der Waals surface area (Å²) in [7, 11) is 3.26. The lowest BCUT2D eigenvalue weighted by atomic mass is 10.0. The number of anilines is 1. The smallest absolute Gasteiger partial charge is 0.237 e. The predicted molar refractivity (Wildman–Crippen MR) is 117 cm³/mol. The fraction of sp³-hybridized carbons (Fsp3) is 0.391. The van der Waals surface area contributed by atoms with Crippen molar-refractivity contribution in [1.29, 1.82) is 0 Å². The molecule has 2 aliphatic rings. The minimum Gasteiger partial charge on any atom is -0.497 e. The number of rotatable bonds is 6. The van der Waals surface area contributed by atoms with Gasteiger partial charge in [-0.15, -0.1) is 11.8 Å². The third-order valence-electron chi connectivity index (χ3n) is 5.73. The number of thioether (sulfide) groups is 1. The minimum absolute atomic E-state index is 0.0155. The van der Waals surface area contributed by atoms with Crippen LogP contribution in [0.3, 0.4) is 0 Å². The van der Waals surface area contributed by atoms with E-state index in [2.05, 4.69) is 0 Å². The number of carbonyl (C=O) groups is 2. The lowest BCUT2D eigenvalue weighted by Crippen LogP contribution is -2.39. The highest BCUT2D eigenvalue weighted by Crippen LogP contribution is 2.39. The van der Waals surface area contributed by atoms with Crippen LogP contribution in [0.25, 0.3) is 0 Å². The molecule has 0 bridgehead atoms. The Hall–Kier alpha value is -2.67. The summed E-state index contributed by atoms with van der Waals surface area (Å²) in [5, 5.41) is 0. The van der Waals surface area contributed by atoms with Crippen LogP contribution < -0.4 is 14.4 Å². The maximum absolute atomic E-state index is 13.1. The number of benzene rings is 2. The normalized spacial score (nSPS) is 18.3. The summed E-state index contributed by atoms with van der Waals surface area (Å²) in [5.41, 5.74) is 1.90. The van der Waals surface area contributed by atoms with Gasteiger partial charge in [0.2, 0.25) is 11.8 Å². The van der Waals surface area contributed by atoms with Gasteiger partial charge in [0, 0.05) is 36.0 Å². The standard InChI is InChI=1S/C23H26N2O4S/c1-28-16-9-10-17(20(14-16)29-2)18-7-5-12-24(18)22(26)11-13-25-19-6-3-4-8-21(19)30-15-23(25)27/h3-4,6,8-10,14,18H,5,7,11-13,15H2,1-2H3/t18-/m0/s1. The van der Waals surface area contributed by atoms with Crippen molar-refractivity contribution >= 4 is 29.3 Å². The molecule has 2 amide bonds. The SMILES string of the molecule is COc1ccc([C@@H]2CCCN2C(=O)CCN2C(=O)CSc3ccccc32)c(OC)c1. The van der Waals surface area contributed by atoms with Gasteiger partial charge in [0.05, 0.1) is 31.7 Å². The van der Waals surface area contributed by atoms with Crippen LogP contribution in [0, 0.1) is 0 Å². The van der Waals surface area contributed by atoms with E-state index in [4.69, 9.17) is 9.47 Å². The van der Waals surface area contributed by atoms with Gasteiger partial charge in [-0.25, -0.2) is 0 Å². The van der Waals surface area contributed by atoms with Crippen LogP contribution in [-0.2, 0) is 9.59 Å². The molecule has 1 fully saturated rings. The second kappa shape index (κ2) is 9.00. The van der Waals surface area contributed by atoms with Gasteiger partial charge in [-0.3, -0.25) is 9.59 Å². The monoisotopic (exact) mass is 426 g/mol. The van der Waals surface area contributed by atoms with E-state index < -0.39 is 0 Å². The third-order valence-corrected chi connectivity index (χ3v) is 6.78. The van der Waals surface area contributed by atoms with Crippen LogP contribution in [0.1, 0.15) is 30.9 Å². The van der Waals surface area contributed by atoms with Crippen LogP contribution in [0.5, 0.6) is 11.5 Å². The van der Waals surface area contributed by atoms with Crippen LogP contribution >= 0.6 is 11.8 Å². The summed E-state index contributed by atoms with van der Waals surface area (Å²) in [5.74, 6) is 2.00. The highest BCUT2D eigenvalue weighted by atomic mass is 32.2. The summed E-state index contributed by atoms with van der Waals surface area (Å²) < 4.78 is 10.9. The molecule has 1 atom stereocenters. The molecular formula is C23H26N2O4S. The van der Waals surface area contributed by atoms with Crippen LogP contribution in [-0.4, -0.2) is 49.8 Å². The molecule has 0 radical (unpaired) electrons. The molecule has 2 aromatic rings. The van der Waals surface area contributed by atoms with Crippen molar-refractivity contribution in [1.82, 2.24) is 4.90 Å². The summed E-state index contributed by atoms with van der Waals surface area (Å²) >= 11 is 1.55. The van der Waals surface area contributed by atoms with Crippen LogP contribution in [0.15, 0.2) is 47.4 Å². The molecule has 4 rings (SSSR count). The number of amides is 2. The lowest BCUT2D eigenvalue weighted by Gasteiger charge is -2.30. The summed E-state index contributed by atoms with van der Waals surface area (Å²) in [6, 6.07) is 13.6. The third kappa shape index (κ3) is 3.99. The Morgan fingerprint density at radius 3 is 2.80 bits per heavy atom. The second-order valence-corrected chi connectivity index (χ2v) is 8.42. The maximum atomic E-state index is 13.1. The van der Waals surface area contributed by atoms with E-state index in [-0.39, 0.29) is 17.9 Å². The van der Waals surface area contributed by atoms with Gasteiger partial charge < -0.3 is 19.3 Å². The van der Waals surface area contributed by atoms with Crippen molar-refractivity contribution in [2.24, 2.45) is 0 Å². The molecule has 2 heterocycles. The number of nitrogens with zero attached hydrogens (tertiary/aromatic N) is 2. The molecule has 0 unspecified atom stereocenters. The summed E-state index contributed by atoms with van der Waals surface area (Å²) in [4.78, 5) is 30.4. The van der Waals surface area contributed by atoms with Gasteiger partial charge in [-0.1, -0.05) is 12.1 Å². The lowest BCUT2D eigenvalue weighted by molar-refractivity contribution is -0.132. The summed E-state index contributed by atoms with van der Waals surface area (Å²) in [6.07, 6.45) is 2.16. The zero-order valence-corrected chi connectivity index (χ0v) is 18.1. The molecule has 0 aromatic heterocycles. The minimum atomic E-state index is -0.0155. The number of hydrogen-bond donors (Lipinski definition) is 0. The Labute approximate surface area is 181 Å². The van der Waals surface area contributed by atoms with Crippen molar-refractivity contribution < 1.29 is 19.1 Å². The molecule has 2 aliphatic heterocycles. The van der Waals surface area contributed by atoms with Gasteiger partial charge in [0.15, 0.2) is 0 Å². The molecule has 2 aromatic carbocycles. The number of carbonyl (C=O) groups excluding carboxylic acids is 2. The van der Waals surface area contributed by atoms with Crippen molar-refractivity contribution in [3.8, 4) is 11.5 Å². The molecule has 30 heavy (non-hydrogen) atoms. The highest BCUT2D eigenvalue weighted by Gasteiger charge is 2.33. The molecule has 0 spiro atoms. The first-order valence-corrected chi connectivity index (χ1v) is 11.1. The van der Waals surface area contributed by atoms with Crippen LogP contribution in [0.4, 0.5) is 5.69 Å². The Balaban J connectivity index is 1.48. The fourth-order valence-corrected chi connectivity index (χ4v) is 5.17. The number of fused-ring (bicyclic) bond motifs is 1. The van der Waals surface area contributed by atoms with Gasteiger partial charge in [-0.2, -0.15) is 0 Å². The first kappa shape index (κ1) is 20.6. The summed E-state index contributed by atoms with van der Waals surface area (Å²) in [6.45, 7) is 1.12. The molecule has 158 valence electrons. The van der Waals surface area contributed by atoms with E-state index in [1.807, 2.05) is 47.4 Å². The number of ether oxygens (including phenoxy) is 2. The molecule has 0 aliphatic carbocycles. The molecule has 6 nitrogen and oxygen atoms in total. The number of methoxy groups -OCH3 is 2. The number of likely N-dealkylation sites (tertiary alicyclic amines) is 1. The van der Waals surface area contributed by atoms with Crippen molar-refractivity contribution in [3.63, 3.8) is 0 Å². The van der Waals surface area contributed by atoms with Gasteiger partial charge in [-0.05, 0) is 37.1 Å². The predicted octanol–water partition coefficient (Wildman–Crippen LogP) is 3.90. The quantitative estimate of drug-likeness (QED) is 0.701. The first-order chi connectivity index (χ1) is 14.6. The average Bonchev–Trinajstić information content (AvgIpc) is 3.27. The number of para-hydroxylation sites is 1. The first-order valence-electron chi connectivity index (χ1n) is 10.2. The Kier molecular flexibility index (Phi) is 6.18. The molecular weight excluding hydrogens is 400 g/mol. The van der Waals surface area contributed by atoms with Crippen LogP contribution in [0.2, 0.25) is 0 Å². The van der Waals surface area contributed by atoms with Gasteiger partial charge >= 0.3 is 0 Å². The van der Waals surface area contributed by atoms with E-state index in [1.165, 1.54) is 0 Å². The zero-order chi connectivity index (χ0) is 21.1. The Morgan fingerprint density at radius 1 is 1.17 bits per heavy atom. The van der Waals surface area contributed by atoms with E-state index in [0.29, 0.717) is 18.7 Å². The van der Waals surface area contributed by atoms with Crippen molar-refractivity contribution in [3.05, 3.63) is 48.0 Å². The largest absolute Gasteiger partial charge is 0.497 e. The van der Waals surface area contributed by atoms with E-state index in [0.717, 1.165) is 47.0 Å². The van der Waals surface area contributed by atoms with Gasteiger partial charge in [0.1, 0.15) is 11.5 Å². The fourth-order valence-electron chi connectivity index (χ4n) is 4.23. The average molecular weight is 427 g/mol. The van der Waals surface area contributed by atoms with Crippen molar-refractivity contribution in [2.45, 2.75) is 30.2 Å². The van der Waals surface area contributed by atoms with E-state index >= 15 is 0 Å². The Morgan fingerprint density at radius 2 is 2.00 bits per heavy atom. The second-order valence-electron chi connectivity index (χ2n) is 7.40. The zero-order valence-electron chi connectivity index (χ0n) is 17.3. The molecule has 1 saturated heterocycles. The highest BCUT2D eigenvalue weighted by molar-refractivity contribution is 8.00. The molecule has 0 N–H and O–H groups in total.